The smallest absolute Gasteiger partial charge is 0.156 e. The fraction of sp³-hybridized carbons (Fsp3) is 0.889. The Labute approximate surface area is 68.2 Å². The lowest BCUT2D eigenvalue weighted by Crippen LogP contribution is -2.32. The summed E-state index contributed by atoms with van der Waals surface area (Å²) in [6.07, 6.45) is 3.16. The summed E-state index contributed by atoms with van der Waals surface area (Å²) in [5.74, 6) is 0.512. The van der Waals surface area contributed by atoms with Crippen molar-refractivity contribution in [3.8, 4) is 6.07 Å². The van der Waals surface area contributed by atoms with Crippen molar-refractivity contribution in [2.45, 2.75) is 38.7 Å². The molecule has 1 aliphatic carbocycles. The molecule has 62 valence electrons. The maximum atomic E-state index is 8.94. The predicted molar refractivity (Wildman–Crippen MR) is 43.0 cm³/mol. The summed E-state index contributed by atoms with van der Waals surface area (Å²) < 4.78 is 5.49. The minimum Gasteiger partial charge on any atom is -0.360 e. The quantitative estimate of drug-likeness (QED) is 0.619. The molecule has 2 nitrogen and oxygen atoms in total. The normalized spacial score (nSPS) is 22.3. The highest BCUT2D eigenvalue weighted by atomic mass is 16.5. The molecule has 1 atom stereocenters. The van der Waals surface area contributed by atoms with Crippen LogP contribution in [0.15, 0.2) is 0 Å². The first-order chi connectivity index (χ1) is 5.29. The molecule has 0 aromatic heterocycles. The van der Waals surface area contributed by atoms with Gasteiger partial charge in [0.05, 0.1) is 6.07 Å². The van der Waals surface area contributed by atoms with Crippen molar-refractivity contribution in [3.63, 3.8) is 0 Å². The highest BCUT2D eigenvalue weighted by Gasteiger charge is 2.45. The van der Waals surface area contributed by atoms with E-state index in [0.29, 0.717) is 12.5 Å². The van der Waals surface area contributed by atoms with Crippen LogP contribution < -0.4 is 0 Å². The molecule has 1 unspecified atom stereocenters. The highest BCUT2D eigenvalue weighted by molar-refractivity contribution is 5.10. The summed E-state index contributed by atoms with van der Waals surface area (Å²) in [6.45, 7) is 4.62. The van der Waals surface area contributed by atoms with Crippen molar-refractivity contribution in [2.75, 3.05) is 6.61 Å². The van der Waals surface area contributed by atoms with Crippen LogP contribution in [0.25, 0.3) is 0 Å². The van der Waals surface area contributed by atoms with Crippen molar-refractivity contribution < 1.29 is 4.74 Å². The van der Waals surface area contributed by atoms with E-state index in [4.69, 9.17) is 10.00 Å². The van der Waals surface area contributed by atoms with Crippen molar-refractivity contribution in [1.29, 1.82) is 5.26 Å². The first-order valence-corrected chi connectivity index (χ1v) is 4.34. The third-order valence-electron chi connectivity index (χ3n) is 2.35. The van der Waals surface area contributed by atoms with Gasteiger partial charge in [0.2, 0.25) is 0 Å². The number of hydrogen-bond acceptors (Lipinski definition) is 2. The van der Waals surface area contributed by atoms with E-state index in [-0.39, 0.29) is 0 Å². The first-order valence-electron chi connectivity index (χ1n) is 4.34. The van der Waals surface area contributed by atoms with E-state index in [1.54, 1.807) is 0 Å². The Morgan fingerprint density at radius 3 is 2.45 bits per heavy atom. The van der Waals surface area contributed by atoms with E-state index in [0.717, 1.165) is 6.42 Å². The van der Waals surface area contributed by atoms with Gasteiger partial charge in [-0.2, -0.15) is 5.26 Å². The average molecular weight is 153 g/mol. The van der Waals surface area contributed by atoms with Crippen LogP contribution in [0, 0.1) is 17.2 Å². The topological polar surface area (TPSA) is 33.0 Å². The van der Waals surface area contributed by atoms with E-state index in [1.807, 2.05) is 13.8 Å². The van der Waals surface area contributed by atoms with Crippen LogP contribution in [-0.2, 0) is 4.74 Å². The molecule has 1 aliphatic rings. The van der Waals surface area contributed by atoms with Crippen LogP contribution in [0.1, 0.15) is 33.1 Å². The van der Waals surface area contributed by atoms with Gasteiger partial charge in [-0.15, -0.1) is 0 Å². The van der Waals surface area contributed by atoms with Crippen molar-refractivity contribution in [3.05, 3.63) is 0 Å². The van der Waals surface area contributed by atoms with Gasteiger partial charge >= 0.3 is 0 Å². The molecule has 0 spiro atoms. The largest absolute Gasteiger partial charge is 0.360 e. The van der Waals surface area contributed by atoms with Gasteiger partial charge in [-0.3, -0.25) is 0 Å². The van der Waals surface area contributed by atoms with Gasteiger partial charge < -0.3 is 4.74 Å². The van der Waals surface area contributed by atoms with Gasteiger partial charge in [0.25, 0.3) is 0 Å². The van der Waals surface area contributed by atoms with Gasteiger partial charge in [0.1, 0.15) is 0 Å². The zero-order valence-corrected chi connectivity index (χ0v) is 7.26. The molecule has 0 N–H and O–H groups in total. The number of hydrogen-bond donors (Lipinski definition) is 0. The van der Waals surface area contributed by atoms with E-state index in [9.17, 15) is 0 Å². The number of nitriles is 1. The zero-order valence-electron chi connectivity index (χ0n) is 7.26. The Bertz CT molecular complexity index is 169. The summed E-state index contributed by atoms with van der Waals surface area (Å²) in [4.78, 5) is 0. The molecule has 0 aromatic carbocycles. The summed E-state index contributed by atoms with van der Waals surface area (Å²) in [7, 11) is 0. The second-order valence-electron chi connectivity index (χ2n) is 3.06. The lowest BCUT2D eigenvalue weighted by atomic mass is 9.96. The van der Waals surface area contributed by atoms with E-state index in [1.165, 1.54) is 12.8 Å². The maximum Gasteiger partial charge on any atom is 0.156 e. The Hall–Kier alpha value is -0.550. The van der Waals surface area contributed by atoms with E-state index < -0.39 is 5.60 Å². The SMILES string of the molecule is CCOC(C#N)(CC)C1CC1. The predicted octanol–water partition coefficient (Wildman–Crippen LogP) is 2.11. The van der Waals surface area contributed by atoms with Gasteiger partial charge in [-0.05, 0) is 26.2 Å². The molecule has 0 aromatic rings. The van der Waals surface area contributed by atoms with Crippen LogP contribution in [0.5, 0.6) is 0 Å². The third-order valence-corrected chi connectivity index (χ3v) is 2.35. The summed E-state index contributed by atoms with van der Waals surface area (Å²) in [5, 5.41) is 8.94. The second-order valence-corrected chi connectivity index (χ2v) is 3.06. The summed E-state index contributed by atoms with van der Waals surface area (Å²) in [5.41, 5.74) is -0.450. The fourth-order valence-electron chi connectivity index (χ4n) is 1.52. The van der Waals surface area contributed by atoms with Crippen molar-refractivity contribution in [2.24, 2.45) is 5.92 Å². The molecule has 0 saturated heterocycles. The summed E-state index contributed by atoms with van der Waals surface area (Å²) in [6, 6.07) is 2.31. The van der Waals surface area contributed by atoms with Gasteiger partial charge in [0, 0.05) is 12.5 Å². The Kier molecular flexibility index (Phi) is 2.51. The molecule has 0 amide bonds. The molecule has 1 fully saturated rings. The Morgan fingerprint density at radius 1 is 1.55 bits per heavy atom. The van der Waals surface area contributed by atoms with Crippen LogP contribution in [0.2, 0.25) is 0 Å². The van der Waals surface area contributed by atoms with Crippen molar-refractivity contribution >= 4 is 0 Å². The lowest BCUT2D eigenvalue weighted by Gasteiger charge is -2.24. The molecule has 11 heavy (non-hydrogen) atoms. The number of rotatable bonds is 4. The van der Waals surface area contributed by atoms with Gasteiger partial charge in [0.15, 0.2) is 5.60 Å². The monoisotopic (exact) mass is 153 g/mol. The first kappa shape index (κ1) is 8.55. The minimum atomic E-state index is -0.450. The fourth-order valence-corrected chi connectivity index (χ4v) is 1.52. The average Bonchev–Trinajstić information content (AvgIpc) is 2.83. The Morgan fingerprint density at radius 2 is 2.18 bits per heavy atom. The molecule has 0 heterocycles. The minimum absolute atomic E-state index is 0.450. The van der Waals surface area contributed by atoms with E-state index >= 15 is 0 Å². The maximum absolute atomic E-state index is 8.94. The number of nitrogens with zero attached hydrogens (tertiary/aromatic N) is 1. The van der Waals surface area contributed by atoms with E-state index in [2.05, 4.69) is 6.07 Å². The molecule has 0 radical (unpaired) electrons. The second kappa shape index (κ2) is 3.23. The standard InChI is InChI=1S/C9H15NO/c1-3-9(7-10,11-4-2)8-5-6-8/h8H,3-6H2,1-2H3. The summed E-state index contributed by atoms with van der Waals surface area (Å²) >= 11 is 0. The van der Waals surface area contributed by atoms with Gasteiger partial charge in [-0.1, -0.05) is 6.92 Å². The molecular formula is C9H15NO. The highest BCUT2D eigenvalue weighted by Crippen LogP contribution is 2.43. The zero-order chi connectivity index (χ0) is 8.32. The van der Waals surface area contributed by atoms with Crippen LogP contribution in [0.4, 0.5) is 0 Å². The molecule has 2 heteroatoms. The van der Waals surface area contributed by atoms with Crippen LogP contribution in [0.3, 0.4) is 0 Å². The molecule has 1 rings (SSSR count). The van der Waals surface area contributed by atoms with Crippen LogP contribution >= 0.6 is 0 Å². The number of ether oxygens (including phenoxy) is 1. The third kappa shape index (κ3) is 1.54. The van der Waals surface area contributed by atoms with Crippen molar-refractivity contribution in [1.82, 2.24) is 0 Å². The Balaban J connectivity index is 2.59. The molecule has 1 saturated carbocycles. The van der Waals surface area contributed by atoms with Crippen LogP contribution in [-0.4, -0.2) is 12.2 Å². The molecule has 0 bridgehead atoms. The van der Waals surface area contributed by atoms with Gasteiger partial charge in [-0.25, -0.2) is 0 Å². The lowest BCUT2D eigenvalue weighted by molar-refractivity contribution is -0.0143. The molecular weight excluding hydrogens is 138 g/mol. The molecule has 0 aliphatic heterocycles.